The smallest absolute Gasteiger partial charge is 0.361 e. The number of fused-ring (bicyclic) bond motifs is 1. The Morgan fingerprint density at radius 2 is 2.14 bits per heavy atom. The molecule has 1 N–H and O–H groups in total. The number of hydrogen-bond donors (Lipinski definition) is 1. The highest BCUT2D eigenvalue weighted by molar-refractivity contribution is 5.95. The largest absolute Gasteiger partial charge is 0.461 e. The number of carbonyl (C=O) groups excluding carboxylic acids is 1. The topological polar surface area (TPSA) is 72.8 Å². The van der Waals surface area contributed by atoms with Crippen LogP contribution in [0.2, 0.25) is 0 Å². The Hall–Kier alpha value is -2.63. The molecule has 0 bridgehead atoms. The summed E-state index contributed by atoms with van der Waals surface area (Å²) in [5.41, 5.74) is 2.66. The summed E-state index contributed by atoms with van der Waals surface area (Å²) in [6.45, 7) is 6.33. The molecule has 0 amide bonds. The summed E-state index contributed by atoms with van der Waals surface area (Å²) >= 11 is 0. The first-order valence-electron chi connectivity index (χ1n) is 7.30. The number of carbonyl (C=O) groups is 1. The second-order valence-electron chi connectivity index (χ2n) is 5.33. The average Bonchev–Trinajstić information content (AvgIpc) is 3.13. The minimum atomic E-state index is -0.467. The quantitative estimate of drug-likeness (QED) is 0.751. The molecular weight excluding hydrogens is 280 g/mol. The van der Waals surface area contributed by atoms with Crippen LogP contribution in [0.15, 0.2) is 30.5 Å². The van der Waals surface area contributed by atoms with E-state index in [1.165, 1.54) is 0 Å². The standard InChI is InChI=1S/C16H18N4O2/c1-4-22-16(21)15-14(17-19-18-15)12-6-5-11-7-8-20(10(2)3)13(11)9-12/h5-10H,4H2,1-3H3,(H,17,18,19). The number of nitrogens with one attached hydrogen (secondary N) is 1. The highest BCUT2D eigenvalue weighted by Gasteiger charge is 2.19. The third-order valence-electron chi connectivity index (χ3n) is 3.57. The van der Waals surface area contributed by atoms with Crippen molar-refractivity contribution < 1.29 is 9.53 Å². The van der Waals surface area contributed by atoms with Crippen molar-refractivity contribution >= 4 is 16.9 Å². The van der Waals surface area contributed by atoms with E-state index in [1.807, 2.05) is 18.2 Å². The first-order chi connectivity index (χ1) is 10.6. The number of rotatable bonds is 4. The maximum absolute atomic E-state index is 11.9. The lowest BCUT2D eigenvalue weighted by atomic mass is 10.1. The number of nitrogens with zero attached hydrogens (tertiary/aromatic N) is 3. The highest BCUT2D eigenvalue weighted by atomic mass is 16.5. The molecular formula is C16H18N4O2. The summed E-state index contributed by atoms with van der Waals surface area (Å²) in [4.78, 5) is 11.9. The van der Waals surface area contributed by atoms with Gasteiger partial charge in [0, 0.05) is 23.3 Å². The second kappa shape index (κ2) is 5.63. The number of aromatic nitrogens is 4. The summed E-state index contributed by atoms with van der Waals surface area (Å²) in [6.07, 6.45) is 2.06. The summed E-state index contributed by atoms with van der Waals surface area (Å²) in [6, 6.07) is 8.42. The zero-order valence-electron chi connectivity index (χ0n) is 12.8. The van der Waals surface area contributed by atoms with Crippen molar-refractivity contribution in [1.29, 1.82) is 0 Å². The molecule has 3 rings (SSSR count). The highest BCUT2D eigenvalue weighted by Crippen LogP contribution is 2.27. The van der Waals surface area contributed by atoms with E-state index >= 15 is 0 Å². The van der Waals surface area contributed by atoms with Crippen molar-refractivity contribution in [2.45, 2.75) is 26.8 Å². The van der Waals surface area contributed by atoms with Gasteiger partial charge in [-0.3, -0.25) is 0 Å². The molecule has 0 saturated carbocycles. The summed E-state index contributed by atoms with van der Waals surface area (Å²) in [5, 5.41) is 11.7. The van der Waals surface area contributed by atoms with E-state index in [1.54, 1.807) is 6.92 Å². The molecule has 22 heavy (non-hydrogen) atoms. The van der Waals surface area contributed by atoms with Crippen LogP contribution >= 0.6 is 0 Å². The van der Waals surface area contributed by atoms with E-state index in [0.717, 1.165) is 16.5 Å². The fourth-order valence-corrected chi connectivity index (χ4v) is 2.52. The van der Waals surface area contributed by atoms with Gasteiger partial charge in [0.2, 0.25) is 0 Å². The third kappa shape index (κ3) is 2.36. The summed E-state index contributed by atoms with van der Waals surface area (Å²) in [7, 11) is 0. The number of benzene rings is 1. The number of ether oxygens (including phenoxy) is 1. The Bertz CT molecular complexity index is 817. The molecule has 114 valence electrons. The zero-order valence-corrected chi connectivity index (χ0v) is 12.8. The van der Waals surface area contributed by atoms with E-state index in [2.05, 4.69) is 46.1 Å². The molecule has 0 spiro atoms. The minimum Gasteiger partial charge on any atom is -0.461 e. The first kappa shape index (κ1) is 14.3. The lowest BCUT2D eigenvalue weighted by Crippen LogP contribution is -2.06. The third-order valence-corrected chi connectivity index (χ3v) is 3.57. The molecule has 0 unspecified atom stereocenters. The predicted molar refractivity (Wildman–Crippen MR) is 83.7 cm³/mol. The van der Waals surface area contributed by atoms with Crippen LogP contribution < -0.4 is 0 Å². The van der Waals surface area contributed by atoms with E-state index in [9.17, 15) is 4.79 Å². The van der Waals surface area contributed by atoms with Gasteiger partial charge in [0.1, 0.15) is 5.69 Å². The Labute approximate surface area is 128 Å². The predicted octanol–water partition coefficient (Wildman–Crippen LogP) is 3.18. The summed E-state index contributed by atoms with van der Waals surface area (Å²) in [5.74, 6) is -0.467. The molecule has 0 aliphatic carbocycles. The maximum atomic E-state index is 11.9. The number of esters is 1. The van der Waals surface area contributed by atoms with E-state index in [4.69, 9.17) is 4.74 Å². The van der Waals surface area contributed by atoms with Crippen molar-refractivity contribution in [2.24, 2.45) is 0 Å². The molecule has 0 atom stereocenters. The van der Waals surface area contributed by atoms with Crippen molar-refractivity contribution in [3.05, 3.63) is 36.2 Å². The molecule has 1 aromatic carbocycles. The van der Waals surface area contributed by atoms with Crippen LogP contribution in [-0.4, -0.2) is 32.6 Å². The van der Waals surface area contributed by atoms with Gasteiger partial charge in [-0.2, -0.15) is 10.3 Å². The van der Waals surface area contributed by atoms with Gasteiger partial charge in [-0.05, 0) is 38.3 Å². The van der Waals surface area contributed by atoms with Crippen molar-refractivity contribution in [2.75, 3.05) is 6.61 Å². The molecule has 0 fully saturated rings. The Balaban J connectivity index is 2.09. The Morgan fingerprint density at radius 1 is 1.32 bits per heavy atom. The van der Waals surface area contributed by atoms with E-state index in [0.29, 0.717) is 18.3 Å². The Kier molecular flexibility index (Phi) is 3.66. The van der Waals surface area contributed by atoms with Gasteiger partial charge in [-0.15, -0.1) is 5.10 Å². The molecule has 6 nitrogen and oxygen atoms in total. The van der Waals surface area contributed by atoms with Gasteiger partial charge < -0.3 is 9.30 Å². The van der Waals surface area contributed by atoms with Crippen LogP contribution in [0.4, 0.5) is 0 Å². The average molecular weight is 298 g/mol. The van der Waals surface area contributed by atoms with Gasteiger partial charge in [-0.25, -0.2) is 4.79 Å². The molecule has 2 aromatic heterocycles. The van der Waals surface area contributed by atoms with Crippen LogP contribution in [0.1, 0.15) is 37.3 Å². The Morgan fingerprint density at radius 3 is 2.86 bits per heavy atom. The van der Waals surface area contributed by atoms with Crippen LogP contribution in [-0.2, 0) is 4.74 Å². The lowest BCUT2D eigenvalue weighted by molar-refractivity contribution is 0.0520. The van der Waals surface area contributed by atoms with Crippen LogP contribution in [0.25, 0.3) is 22.2 Å². The first-order valence-corrected chi connectivity index (χ1v) is 7.30. The van der Waals surface area contributed by atoms with E-state index in [-0.39, 0.29) is 5.69 Å². The van der Waals surface area contributed by atoms with Gasteiger partial charge in [-0.1, -0.05) is 12.1 Å². The van der Waals surface area contributed by atoms with Crippen LogP contribution in [0, 0.1) is 0 Å². The van der Waals surface area contributed by atoms with Crippen molar-refractivity contribution in [3.63, 3.8) is 0 Å². The minimum absolute atomic E-state index is 0.212. The molecule has 6 heteroatoms. The molecule has 2 heterocycles. The fraction of sp³-hybridized carbons (Fsp3) is 0.312. The maximum Gasteiger partial charge on any atom is 0.361 e. The second-order valence-corrected chi connectivity index (χ2v) is 5.33. The number of aromatic amines is 1. The van der Waals surface area contributed by atoms with Crippen molar-refractivity contribution in [3.8, 4) is 11.3 Å². The zero-order chi connectivity index (χ0) is 15.7. The van der Waals surface area contributed by atoms with E-state index < -0.39 is 5.97 Å². The van der Waals surface area contributed by atoms with Gasteiger partial charge >= 0.3 is 5.97 Å². The van der Waals surface area contributed by atoms with Gasteiger partial charge in [0.25, 0.3) is 0 Å². The molecule has 0 radical (unpaired) electrons. The molecule has 0 saturated heterocycles. The summed E-state index contributed by atoms with van der Waals surface area (Å²) < 4.78 is 7.20. The van der Waals surface area contributed by atoms with Crippen LogP contribution in [0.5, 0.6) is 0 Å². The molecule has 3 aromatic rings. The number of hydrogen-bond acceptors (Lipinski definition) is 4. The SMILES string of the molecule is CCOC(=O)c1n[nH]nc1-c1ccc2ccn(C(C)C)c2c1. The molecule has 0 aliphatic heterocycles. The van der Waals surface area contributed by atoms with Gasteiger partial charge in [0.05, 0.1) is 6.61 Å². The van der Waals surface area contributed by atoms with Crippen LogP contribution in [0.3, 0.4) is 0 Å². The fourth-order valence-electron chi connectivity index (χ4n) is 2.52. The molecule has 0 aliphatic rings. The normalized spacial score (nSPS) is 11.3. The van der Waals surface area contributed by atoms with Crippen molar-refractivity contribution in [1.82, 2.24) is 20.0 Å². The van der Waals surface area contributed by atoms with Gasteiger partial charge in [0.15, 0.2) is 5.69 Å². The monoisotopic (exact) mass is 298 g/mol. The number of H-pyrrole nitrogens is 1. The lowest BCUT2D eigenvalue weighted by Gasteiger charge is -2.10.